The van der Waals surface area contributed by atoms with Crippen molar-refractivity contribution in [3.05, 3.63) is 123 Å². The second-order valence-electron chi connectivity index (χ2n) is 10.6. The highest BCUT2D eigenvalue weighted by molar-refractivity contribution is 9.10. The highest BCUT2D eigenvalue weighted by atomic mass is 79.9. The number of nitrogens with zero attached hydrogens (tertiary/aromatic N) is 4. The molecule has 6 rings (SSSR count). The molecule has 188 valence electrons. The zero-order valence-corrected chi connectivity index (χ0v) is 23.1. The van der Waals surface area contributed by atoms with Crippen LogP contribution < -0.4 is 5.56 Å². The van der Waals surface area contributed by atoms with Crippen LogP contribution >= 0.6 is 15.9 Å². The lowest BCUT2D eigenvalue weighted by atomic mass is 9.95. The van der Waals surface area contributed by atoms with Gasteiger partial charge >= 0.3 is 0 Å². The summed E-state index contributed by atoms with van der Waals surface area (Å²) in [7, 11) is 0. The summed E-state index contributed by atoms with van der Waals surface area (Å²) in [6, 6.07) is 28.8. The van der Waals surface area contributed by atoms with E-state index in [0.29, 0.717) is 16.7 Å². The fraction of sp³-hybridized carbons (Fsp3) is 0.156. The van der Waals surface area contributed by atoms with Crippen LogP contribution in [0, 0.1) is 0 Å². The third-order valence-corrected chi connectivity index (χ3v) is 7.32. The Morgan fingerprint density at radius 1 is 0.895 bits per heavy atom. The fourth-order valence-corrected chi connectivity index (χ4v) is 5.35. The van der Waals surface area contributed by atoms with Gasteiger partial charge in [0.15, 0.2) is 0 Å². The predicted molar refractivity (Wildman–Crippen MR) is 160 cm³/mol. The van der Waals surface area contributed by atoms with Crippen molar-refractivity contribution < 1.29 is 0 Å². The van der Waals surface area contributed by atoms with Crippen LogP contribution in [0.15, 0.2) is 105 Å². The first kappa shape index (κ1) is 24.3. The van der Waals surface area contributed by atoms with Crippen molar-refractivity contribution in [3.63, 3.8) is 0 Å². The van der Waals surface area contributed by atoms with Crippen molar-refractivity contribution in [1.82, 2.24) is 14.2 Å². The van der Waals surface area contributed by atoms with E-state index in [1.807, 2.05) is 39.0 Å². The first-order chi connectivity index (χ1) is 18.3. The Labute approximate surface area is 229 Å². The van der Waals surface area contributed by atoms with Crippen LogP contribution in [0.3, 0.4) is 0 Å². The van der Waals surface area contributed by atoms with E-state index < -0.39 is 0 Å². The summed E-state index contributed by atoms with van der Waals surface area (Å²) in [6.07, 6.45) is 3.90. The molecular formula is C32H27BrN4O. The summed E-state index contributed by atoms with van der Waals surface area (Å²) in [5.41, 5.74) is 3.43. The Kier molecular flexibility index (Phi) is 6.00. The number of aromatic nitrogens is 3. The summed E-state index contributed by atoms with van der Waals surface area (Å²) < 4.78 is 4.53. The summed E-state index contributed by atoms with van der Waals surface area (Å²) in [5.74, 6) is 0.619. The fourth-order valence-electron chi connectivity index (χ4n) is 4.98. The van der Waals surface area contributed by atoms with Crippen molar-refractivity contribution >= 4 is 54.7 Å². The molecule has 0 amide bonds. The van der Waals surface area contributed by atoms with E-state index in [9.17, 15) is 4.79 Å². The smallest absolute Gasteiger partial charge is 0.282 e. The van der Waals surface area contributed by atoms with Crippen molar-refractivity contribution in [3.8, 4) is 0 Å². The van der Waals surface area contributed by atoms with Crippen LogP contribution in [-0.2, 0) is 12.0 Å². The van der Waals surface area contributed by atoms with E-state index in [2.05, 4.69) is 87.4 Å². The molecule has 0 aliphatic rings. The molecule has 0 unspecified atom stereocenters. The zero-order valence-electron chi connectivity index (χ0n) is 21.5. The Balaban J connectivity index is 1.48. The molecule has 2 aromatic heterocycles. The lowest BCUT2D eigenvalue weighted by Gasteiger charge is -2.20. The third kappa shape index (κ3) is 4.35. The van der Waals surface area contributed by atoms with Crippen molar-refractivity contribution in [2.45, 2.75) is 32.7 Å². The minimum absolute atomic E-state index is 0.183. The molecule has 0 aliphatic heterocycles. The topological polar surface area (TPSA) is 52.2 Å². The van der Waals surface area contributed by atoms with Gasteiger partial charge in [-0.3, -0.25) is 4.79 Å². The number of halogens is 1. The van der Waals surface area contributed by atoms with E-state index in [1.165, 1.54) is 21.0 Å². The average Bonchev–Trinajstić information content (AvgIpc) is 3.25. The van der Waals surface area contributed by atoms with Gasteiger partial charge in [0.25, 0.3) is 5.56 Å². The molecule has 0 spiro atoms. The Morgan fingerprint density at radius 2 is 1.63 bits per heavy atom. The standard InChI is InChI=1S/C32H27BrN4O/c1-32(2,3)31-35-28-16-15-24(33)17-27(28)30(38)37(31)34-18-23-20-36(29-14-7-6-13-26(23)29)19-22-11-8-10-21-9-4-5-12-25(21)22/h4-18,20H,19H2,1-3H3. The molecule has 0 bridgehead atoms. The number of hydrogen-bond donors (Lipinski definition) is 0. The second-order valence-corrected chi connectivity index (χ2v) is 11.5. The van der Waals surface area contributed by atoms with Gasteiger partial charge in [-0.1, -0.05) is 97.4 Å². The van der Waals surface area contributed by atoms with Crippen molar-refractivity contribution in [2.24, 2.45) is 5.10 Å². The van der Waals surface area contributed by atoms with E-state index in [-0.39, 0.29) is 11.0 Å². The first-order valence-corrected chi connectivity index (χ1v) is 13.4. The molecule has 6 heteroatoms. The van der Waals surface area contributed by atoms with Gasteiger partial charge in [0.05, 0.1) is 17.1 Å². The molecule has 0 radical (unpaired) electrons. The van der Waals surface area contributed by atoms with Crippen LogP contribution in [0.5, 0.6) is 0 Å². The van der Waals surface area contributed by atoms with Gasteiger partial charge in [-0.05, 0) is 40.6 Å². The Bertz CT molecular complexity index is 1920. The summed E-state index contributed by atoms with van der Waals surface area (Å²) >= 11 is 3.48. The maximum Gasteiger partial charge on any atom is 0.282 e. The molecular weight excluding hydrogens is 536 g/mol. The predicted octanol–water partition coefficient (Wildman–Crippen LogP) is 7.49. The van der Waals surface area contributed by atoms with Gasteiger partial charge in [-0.25, -0.2) is 4.98 Å². The van der Waals surface area contributed by atoms with Gasteiger partial charge in [0.2, 0.25) is 0 Å². The van der Waals surface area contributed by atoms with Crippen LogP contribution in [-0.4, -0.2) is 20.4 Å². The quantitative estimate of drug-likeness (QED) is 0.209. The lowest BCUT2D eigenvalue weighted by molar-refractivity contribution is 0.506. The lowest BCUT2D eigenvalue weighted by Crippen LogP contribution is -2.29. The second kappa shape index (κ2) is 9.37. The first-order valence-electron chi connectivity index (χ1n) is 12.6. The number of para-hydroxylation sites is 1. The molecule has 6 aromatic rings. The van der Waals surface area contributed by atoms with E-state index in [0.717, 1.165) is 27.5 Å². The molecule has 38 heavy (non-hydrogen) atoms. The molecule has 0 atom stereocenters. The Morgan fingerprint density at radius 3 is 2.45 bits per heavy atom. The highest BCUT2D eigenvalue weighted by Gasteiger charge is 2.23. The average molecular weight is 563 g/mol. The molecule has 2 heterocycles. The minimum Gasteiger partial charge on any atom is -0.342 e. The van der Waals surface area contributed by atoms with Crippen molar-refractivity contribution in [1.29, 1.82) is 0 Å². The molecule has 5 nitrogen and oxygen atoms in total. The summed E-state index contributed by atoms with van der Waals surface area (Å²) in [4.78, 5) is 18.4. The number of fused-ring (bicyclic) bond motifs is 3. The highest BCUT2D eigenvalue weighted by Crippen LogP contribution is 2.26. The maximum absolute atomic E-state index is 13.6. The van der Waals surface area contributed by atoms with Gasteiger partial charge in [-0.15, -0.1) is 0 Å². The Hall–Kier alpha value is -4.03. The molecule has 4 aromatic carbocycles. The van der Waals surface area contributed by atoms with Gasteiger partial charge in [0, 0.05) is 39.1 Å². The number of benzene rings is 4. The van der Waals surface area contributed by atoms with E-state index >= 15 is 0 Å². The molecule has 0 aliphatic carbocycles. The molecule has 0 N–H and O–H groups in total. The van der Waals surface area contributed by atoms with E-state index in [1.54, 1.807) is 12.3 Å². The molecule has 0 saturated carbocycles. The summed E-state index contributed by atoms with van der Waals surface area (Å²) in [6.45, 7) is 6.86. The van der Waals surface area contributed by atoms with Gasteiger partial charge in [-0.2, -0.15) is 9.78 Å². The zero-order chi connectivity index (χ0) is 26.4. The maximum atomic E-state index is 13.6. The summed E-state index contributed by atoms with van der Waals surface area (Å²) in [5, 5.41) is 8.82. The minimum atomic E-state index is -0.375. The third-order valence-electron chi connectivity index (χ3n) is 6.83. The normalized spacial score (nSPS) is 12.3. The molecule has 0 saturated heterocycles. The number of hydrogen-bond acceptors (Lipinski definition) is 3. The SMILES string of the molecule is CC(C)(C)c1nc2ccc(Br)cc2c(=O)n1N=Cc1cn(Cc2cccc3ccccc23)c2ccccc12. The van der Waals surface area contributed by atoms with E-state index in [4.69, 9.17) is 10.1 Å². The van der Waals surface area contributed by atoms with Crippen LogP contribution in [0.25, 0.3) is 32.6 Å². The van der Waals surface area contributed by atoms with Crippen LogP contribution in [0.2, 0.25) is 0 Å². The van der Waals surface area contributed by atoms with Crippen LogP contribution in [0.4, 0.5) is 0 Å². The van der Waals surface area contributed by atoms with Gasteiger partial charge in [0.1, 0.15) is 5.82 Å². The largest absolute Gasteiger partial charge is 0.342 e. The number of rotatable bonds is 4. The van der Waals surface area contributed by atoms with Crippen molar-refractivity contribution in [2.75, 3.05) is 0 Å². The molecule has 0 fully saturated rings. The van der Waals surface area contributed by atoms with Gasteiger partial charge < -0.3 is 4.57 Å². The van der Waals surface area contributed by atoms with Crippen LogP contribution in [0.1, 0.15) is 37.7 Å². The monoisotopic (exact) mass is 562 g/mol.